The second-order valence-electron chi connectivity index (χ2n) is 7.19. The van der Waals surface area contributed by atoms with Gasteiger partial charge in [0.25, 0.3) is 11.6 Å². The number of ether oxygens (including phenoxy) is 2. The Morgan fingerprint density at radius 1 is 1.07 bits per heavy atom. The molecule has 156 valence electrons. The second-order valence-corrected chi connectivity index (χ2v) is 7.19. The van der Waals surface area contributed by atoms with Crippen LogP contribution in [0, 0.1) is 10.1 Å². The van der Waals surface area contributed by atoms with E-state index in [0.29, 0.717) is 48.9 Å². The van der Waals surface area contributed by atoms with Gasteiger partial charge in [-0.05, 0) is 31.2 Å². The number of nitro groups is 1. The molecule has 1 fully saturated rings. The second kappa shape index (κ2) is 8.02. The predicted molar refractivity (Wildman–Crippen MR) is 108 cm³/mol. The Morgan fingerprint density at radius 3 is 2.43 bits per heavy atom. The molecular weight excluding hydrogens is 390 g/mol. The minimum absolute atomic E-state index is 0.108. The fourth-order valence-corrected chi connectivity index (χ4v) is 3.67. The Hall–Kier alpha value is -3.62. The van der Waals surface area contributed by atoms with Crippen LogP contribution in [-0.2, 0) is 4.79 Å². The van der Waals surface area contributed by atoms with Gasteiger partial charge < -0.3 is 19.3 Å². The van der Waals surface area contributed by atoms with Crippen molar-refractivity contribution < 1.29 is 24.0 Å². The number of fused-ring (bicyclic) bond motifs is 1. The highest BCUT2D eigenvalue weighted by Crippen LogP contribution is 2.32. The number of nitrogens with zero attached hydrogens (tertiary/aromatic N) is 3. The van der Waals surface area contributed by atoms with Gasteiger partial charge in [0.2, 0.25) is 6.10 Å². The molecule has 9 heteroatoms. The first-order valence-electron chi connectivity index (χ1n) is 9.65. The van der Waals surface area contributed by atoms with Crippen molar-refractivity contribution in [1.29, 1.82) is 0 Å². The molecule has 0 aliphatic carbocycles. The van der Waals surface area contributed by atoms with Crippen LogP contribution in [0.5, 0.6) is 11.5 Å². The zero-order valence-corrected chi connectivity index (χ0v) is 16.4. The van der Waals surface area contributed by atoms with Crippen LogP contribution < -0.4 is 14.4 Å². The standard InChI is InChI=1S/C21H21N3O6/c1-14(25)15-6-7-16(17(12-15)24(27)28)22-8-10-23(11-9-22)21(26)20-13-29-18-4-2-3-5-19(18)30-20/h2-7,12,20H,8-11,13H2,1H3/t20-/m0/s1. The van der Waals surface area contributed by atoms with Gasteiger partial charge in [-0.25, -0.2) is 0 Å². The zero-order chi connectivity index (χ0) is 21.3. The Labute approximate surface area is 172 Å². The average Bonchev–Trinajstić information content (AvgIpc) is 2.78. The van der Waals surface area contributed by atoms with E-state index in [2.05, 4.69) is 0 Å². The van der Waals surface area contributed by atoms with Crippen LogP contribution in [0.1, 0.15) is 17.3 Å². The Bertz CT molecular complexity index is 1000. The maximum Gasteiger partial charge on any atom is 0.293 e. The van der Waals surface area contributed by atoms with Gasteiger partial charge in [-0.2, -0.15) is 0 Å². The molecule has 2 aliphatic rings. The molecule has 1 amide bonds. The highest BCUT2D eigenvalue weighted by atomic mass is 16.6. The van der Waals surface area contributed by atoms with Crippen molar-refractivity contribution in [3.8, 4) is 11.5 Å². The van der Waals surface area contributed by atoms with Gasteiger partial charge in [-0.3, -0.25) is 19.7 Å². The molecule has 30 heavy (non-hydrogen) atoms. The van der Waals surface area contributed by atoms with Crippen molar-refractivity contribution in [2.45, 2.75) is 13.0 Å². The summed E-state index contributed by atoms with van der Waals surface area (Å²) in [6, 6.07) is 11.7. The maximum atomic E-state index is 12.9. The number of nitro benzene ring substituents is 1. The minimum atomic E-state index is -0.712. The third-order valence-corrected chi connectivity index (χ3v) is 5.29. The first-order chi connectivity index (χ1) is 14.4. The summed E-state index contributed by atoms with van der Waals surface area (Å²) in [6.45, 7) is 3.22. The fourth-order valence-electron chi connectivity index (χ4n) is 3.67. The summed E-state index contributed by atoms with van der Waals surface area (Å²) in [6.07, 6.45) is -0.712. The number of piperazine rings is 1. The van der Waals surface area contributed by atoms with Crippen LogP contribution in [0.2, 0.25) is 0 Å². The summed E-state index contributed by atoms with van der Waals surface area (Å²) < 4.78 is 11.4. The quantitative estimate of drug-likeness (QED) is 0.432. The van der Waals surface area contributed by atoms with Crippen molar-refractivity contribution >= 4 is 23.1 Å². The predicted octanol–water partition coefficient (Wildman–Crippen LogP) is 2.29. The van der Waals surface area contributed by atoms with Gasteiger partial charge in [0.05, 0.1) is 4.92 Å². The lowest BCUT2D eigenvalue weighted by atomic mass is 10.1. The van der Waals surface area contributed by atoms with Crippen LogP contribution >= 0.6 is 0 Å². The molecule has 2 heterocycles. The van der Waals surface area contributed by atoms with E-state index in [9.17, 15) is 19.7 Å². The fraction of sp³-hybridized carbons (Fsp3) is 0.333. The molecule has 2 aliphatic heterocycles. The topological polar surface area (TPSA) is 102 Å². The molecule has 0 spiro atoms. The van der Waals surface area contributed by atoms with Crippen molar-refractivity contribution in [3.05, 3.63) is 58.1 Å². The minimum Gasteiger partial charge on any atom is -0.485 e. The Balaban J connectivity index is 1.42. The lowest BCUT2D eigenvalue weighted by Gasteiger charge is -2.37. The van der Waals surface area contributed by atoms with Gasteiger partial charge >= 0.3 is 0 Å². The first kappa shape index (κ1) is 19.7. The molecule has 9 nitrogen and oxygen atoms in total. The van der Waals surface area contributed by atoms with E-state index < -0.39 is 11.0 Å². The van der Waals surface area contributed by atoms with Crippen molar-refractivity contribution in [2.75, 3.05) is 37.7 Å². The van der Waals surface area contributed by atoms with Crippen LogP contribution in [0.15, 0.2) is 42.5 Å². The molecule has 0 N–H and O–H groups in total. The van der Waals surface area contributed by atoms with E-state index >= 15 is 0 Å². The number of carbonyl (C=O) groups excluding carboxylic acids is 2. The molecule has 0 aromatic heterocycles. The summed E-state index contributed by atoms with van der Waals surface area (Å²) in [7, 11) is 0. The molecule has 0 saturated carbocycles. The van der Waals surface area contributed by atoms with Gasteiger partial charge in [-0.15, -0.1) is 0 Å². The van der Waals surface area contributed by atoms with Crippen LogP contribution in [0.4, 0.5) is 11.4 Å². The van der Waals surface area contributed by atoms with E-state index in [0.717, 1.165) is 0 Å². The van der Waals surface area contributed by atoms with E-state index in [1.165, 1.54) is 13.0 Å². The van der Waals surface area contributed by atoms with Crippen LogP contribution in [0.25, 0.3) is 0 Å². The highest BCUT2D eigenvalue weighted by molar-refractivity contribution is 5.95. The third kappa shape index (κ3) is 3.78. The molecular formula is C21H21N3O6. The molecule has 1 atom stereocenters. The van der Waals surface area contributed by atoms with Crippen molar-refractivity contribution in [2.24, 2.45) is 0 Å². The molecule has 4 rings (SSSR count). The largest absolute Gasteiger partial charge is 0.485 e. The number of ketones is 1. The summed E-state index contributed by atoms with van der Waals surface area (Å²) >= 11 is 0. The van der Waals surface area contributed by atoms with Crippen LogP contribution in [-0.4, -0.2) is 60.4 Å². The molecule has 1 saturated heterocycles. The molecule has 0 radical (unpaired) electrons. The van der Waals surface area contributed by atoms with Gasteiger partial charge in [-0.1, -0.05) is 12.1 Å². The first-order valence-corrected chi connectivity index (χ1v) is 9.65. The zero-order valence-electron chi connectivity index (χ0n) is 16.4. The smallest absolute Gasteiger partial charge is 0.293 e. The SMILES string of the molecule is CC(=O)c1ccc(N2CCN(C(=O)[C@@H]3COc4ccccc4O3)CC2)c([N+](=O)[O-])c1. The lowest BCUT2D eigenvalue weighted by Crippen LogP contribution is -2.54. The highest BCUT2D eigenvalue weighted by Gasteiger charge is 2.33. The van der Waals surface area contributed by atoms with E-state index in [-0.39, 0.29) is 24.0 Å². The molecule has 0 unspecified atom stereocenters. The Morgan fingerprint density at radius 2 is 1.77 bits per heavy atom. The number of hydrogen-bond acceptors (Lipinski definition) is 7. The summed E-state index contributed by atoms with van der Waals surface area (Å²) in [5, 5.41) is 11.5. The summed E-state index contributed by atoms with van der Waals surface area (Å²) in [5.74, 6) is 0.775. The number of hydrogen-bond donors (Lipinski definition) is 0. The number of carbonyl (C=O) groups is 2. The molecule has 0 bridgehead atoms. The maximum absolute atomic E-state index is 12.9. The summed E-state index contributed by atoms with van der Waals surface area (Å²) in [4.78, 5) is 39.0. The van der Waals surface area contributed by atoms with E-state index in [1.54, 1.807) is 29.2 Å². The lowest BCUT2D eigenvalue weighted by molar-refractivity contribution is -0.384. The number of amides is 1. The third-order valence-electron chi connectivity index (χ3n) is 5.29. The normalized spacial score (nSPS) is 18.1. The number of benzene rings is 2. The van der Waals surface area contributed by atoms with Gasteiger partial charge in [0.15, 0.2) is 17.3 Å². The van der Waals surface area contributed by atoms with Crippen molar-refractivity contribution in [3.63, 3.8) is 0 Å². The number of anilines is 1. The molecule has 2 aromatic rings. The number of para-hydroxylation sites is 2. The van der Waals surface area contributed by atoms with E-state index in [1.807, 2.05) is 17.0 Å². The molecule has 2 aromatic carbocycles. The van der Waals surface area contributed by atoms with Gasteiger partial charge in [0.1, 0.15) is 12.3 Å². The number of rotatable bonds is 4. The number of Topliss-reactive ketones (excluding diaryl/α,β-unsaturated/α-hetero) is 1. The van der Waals surface area contributed by atoms with Crippen LogP contribution in [0.3, 0.4) is 0 Å². The Kier molecular flexibility index (Phi) is 5.26. The average molecular weight is 411 g/mol. The summed E-state index contributed by atoms with van der Waals surface area (Å²) in [5.41, 5.74) is 0.639. The van der Waals surface area contributed by atoms with Crippen molar-refractivity contribution in [1.82, 2.24) is 4.90 Å². The van der Waals surface area contributed by atoms with Gasteiger partial charge in [0, 0.05) is 37.8 Å². The monoisotopic (exact) mass is 411 g/mol. The van der Waals surface area contributed by atoms with E-state index in [4.69, 9.17) is 9.47 Å².